The van der Waals surface area contributed by atoms with Gasteiger partial charge in [-0.1, -0.05) is 192 Å². The zero-order valence-electron chi connectivity index (χ0n) is 34.3. The van der Waals surface area contributed by atoms with Crippen molar-refractivity contribution in [2.24, 2.45) is 0 Å². The molecule has 0 aliphatic heterocycles. The van der Waals surface area contributed by atoms with E-state index < -0.39 is 8.07 Å². The van der Waals surface area contributed by atoms with Crippen LogP contribution in [0, 0.1) is 41.5 Å². The van der Waals surface area contributed by atoms with Gasteiger partial charge in [0.15, 0.2) is 0 Å². The van der Waals surface area contributed by atoms with Crippen LogP contribution in [0.2, 0.25) is 0 Å². The van der Waals surface area contributed by atoms with Gasteiger partial charge in [0.2, 0.25) is 0 Å². The van der Waals surface area contributed by atoms with E-state index in [1.807, 2.05) is 0 Å². The van der Waals surface area contributed by atoms with Crippen molar-refractivity contribution in [2.75, 3.05) is 0 Å². The predicted molar refractivity (Wildman–Crippen MR) is 209 cm³/mol. The molecule has 0 saturated heterocycles. The van der Waals surface area contributed by atoms with Crippen LogP contribution in [0.15, 0.2) is 54.6 Å². The molecule has 0 aliphatic rings. The monoisotopic (exact) mass is 784 g/mol. The fraction of sp³-hybridized carbons (Fsp3) is 0.489. The topological polar surface area (TPSA) is 0 Å². The van der Waals surface area contributed by atoms with Gasteiger partial charge in [-0.05, 0) is 57.8 Å². The van der Waals surface area contributed by atoms with Crippen molar-refractivity contribution in [3.05, 3.63) is 110 Å². The molecule has 0 heterocycles. The first-order valence-electron chi connectivity index (χ1n) is 17.4. The third-order valence-electron chi connectivity index (χ3n) is 10.7. The summed E-state index contributed by atoms with van der Waals surface area (Å²) in [5.41, 5.74) is 14.3. The van der Waals surface area contributed by atoms with Crippen LogP contribution in [-0.2, 0) is 43.4 Å². The Morgan fingerprint density at radius 1 is 0.380 bits per heavy atom. The number of halogens is 3. The smallest absolute Gasteiger partial charge is 1.00 e. The Kier molecular flexibility index (Phi) is 16.1. The predicted octanol–water partition coefficient (Wildman–Crippen LogP) is 0.833. The second-order valence-corrected chi connectivity index (χ2v) is 22.3. The Morgan fingerprint density at radius 3 is 0.860 bits per heavy atom. The molecule has 0 aliphatic carbocycles. The molecule has 0 saturated carbocycles. The molecular weight excluding hydrogens is 723 g/mol. The van der Waals surface area contributed by atoms with E-state index in [1.54, 1.807) is 5.19 Å². The summed E-state index contributed by atoms with van der Waals surface area (Å²) in [6, 6.07) is 22.9. The number of rotatable bonds is 4. The summed E-state index contributed by atoms with van der Waals surface area (Å²) < 4.78 is 0. The zero-order valence-corrected chi connectivity index (χ0v) is 39.2. The summed E-state index contributed by atoms with van der Waals surface area (Å²) in [4.78, 5) is 0. The molecule has 0 radical (unpaired) electrons. The van der Waals surface area contributed by atoms with Crippen LogP contribution in [0.25, 0.3) is 0 Å². The van der Waals surface area contributed by atoms with Gasteiger partial charge in [0.25, 0.3) is 0 Å². The molecule has 4 rings (SSSR count). The van der Waals surface area contributed by atoms with Gasteiger partial charge in [-0.3, -0.25) is 0 Å². The Morgan fingerprint density at radius 2 is 0.620 bits per heavy atom. The van der Waals surface area contributed by atoms with E-state index in [9.17, 15) is 0 Å². The van der Waals surface area contributed by atoms with E-state index in [-0.39, 0.29) is 80.6 Å². The Hall–Kier alpha value is -1.19. The van der Waals surface area contributed by atoms with Crippen LogP contribution in [0.1, 0.15) is 139 Å². The van der Waals surface area contributed by atoms with Crippen LogP contribution in [-0.4, -0.2) is 8.07 Å². The van der Waals surface area contributed by atoms with Gasteiger partial charge in [0, 0.05) is 0 Å². The maximum atomic E-state index is 2.62. The molecule has 0 N–H and O–H groups in total. The van der Waals surface area contributed by atoms with E-state index >= 15 is 0 Å². The van der Waals surface area contributed by atoms with Gasteiger partial charge in [-0.25, -0.2) is 0 Å². The Balaban J connectivity index is 0.00000600. The summed E-state index contributed by atoms with van der Waals surface area (Å²) in [6.45, 7) is 42.6. The molecule has 50 heavy (non-hydrogen) atoms. The van der Waals surface area contributed by atoms with E-state index in [4.69, 9.17) is 0 Å². The molecule has 0 fully saturated rings. The second-order valence-electron chi connectivity index (χ2n) is 18.6. The standard InChI is InChI=1S/C45H63Si.3ClH.Ti/c1-28-19-29(2)21-38(20-28)46(41-32(5)30(3)31(4)33(41)6,39-24-34(42(7,8)9)22-35(25-39)43(10,11)12)40-26-36(44(13,14)15)23-37(27-40)45(16,17)18;;;;/h19-27H,1-18H3;3*1H;/q-1;;;;+4/p-3. The first-order chi connectivity index (χ1) is 20.8. The molecule has 4 aromatic carbocycles. The van der Waals surface area contributed by atoms with Crippen LogP contribution in [0.3, 0.4) is 0 Å². The van der Waals surface area contributed by atoms with Gasteiger partial charge in [-0.2, -0.15) is 22.3 Å². The zero-order chi connectivity index (χ0) is 34.9. The number of benzene rings is 3. The van der Waals surface area contributed by atoms with Crippen molar-refractivity contribution < 1.29 is 58.9 Å². The van der Waals surface area contributed by atoms with Gasteiger partial charge in [-0.15, -0.1) is 5.19 Å². The van der Waals surface area contributed by atoms with E-state index in [0.29, 0.717) is 0 Å². The Bertz CT molecular complexity index is 1600. The first-order valence-corrected chi connectivity index (χ1v) is 19.4. The fourth-order valence-electron chi connectivity index (χ4n) is 7.33. The molecule has 0 bridgehead atoms. The number of hydrogen-bond donors (Lipinski definition) is 0. The summed E-state index contributed by atoms with van der Waals surface area (Å²) in [7, 11) is -2.90. The maximum Gasteiger partial charge on any atom is 4.00 e. The van der Waals surface area contributed by atoms with Crippen molar-refractivity contribution in [1.82, 2.24) is 0 Å². The SMILES string of the molecule is Cc1cc(C)cc([Si](c2cc(C(C)(C)C)cc(C(C)(C)C)c2)(c2cc(C(C)(C)C)cc(C(C)(C)C)c2)[c-]2c(C)c(C)c(C)c2C)c1.[Cl-].[Cl-].[Cl-].[Ti+4]. The van der Waals surface area contributed by atoms with Gasteiger partial charge >= 0.3 is 21.7 Å². The summed E-state index contributed by atoms with van der Waals surface area (Å²) in [5, 5.41) is 6.11. The van der Waals surface area contributed by atoms with Crippen molar-refractivity contribution in [3.8, 4) is 0 Å². The minimum atomic E-state index is -2.90. The minimum Gasteiger partial charge on any atom is -1.00 e. The molecule has 0 atom stereocenters. The fourth-order valence-corrected chi connectivity index (χ4v) is 13.1. The largest absolute Gasteiger partial charge is 4.00 e. The third-order valence-corrected chi connectivity index (χ3v) is 15.6. The molecule has 0 amide bonds. The molecule has 0 unspecified atom stereocenters. The quantitative estimate of drug-likeness (QED) is 0.164. The second kappa shape index (κ2) is 16.4. The summed E-state index contributed by atoms with van der Waals surface area (Å²) in [5.74, 6) is 0. The molecule has 0 aromatic heterocycles. The van der Waals surface area contributed by atoms with Crippen LogP contribution in [0.4, 0.5) is 0 Å². The minimum absolute atomic E-state index is 0. The molecule has 0 spiro atoms. The number of aryl methyl sites for hydroxylation is 2. The summed E-state index contributed by atoms with van der Waals surface area (Å²) >= 11 is 0. The van der Waals surface area contributed by atoms with Crippen molar-refractivity contribution in [2.45, 2.75) is 146 Å². The molecule has 0 nitrogen and oxygen atoms in total. The van der Waals surface area contributed by atoms with Crippen molar-refractivity contribution >= 4 is 28.8 Å². The molecular formula is C45H63Cl3SiTi. The average molecular weight is 786 g/mol. The van der Waals surface area contributed by atoms with E-state index in [1.165, 1.54) is 71.2 Å². The third kappa shape index (κ3) is 9.29. The van der Waals surface area contributed by atoms with Crippen LogP contribution >= 0.6 is 0 Å². The Labute approximate surface area is 341 Å². The van der Waals surface area contributed by atoms with E-state index in [0.717, 1.165) is 0 Å². The normalized spacial score (nSPS) is 12.4. The first kappa shape index (κ1) is 48.8. The molecule has 4 aromatic rings. The van der Waals surface area contributed by atoms with Gasteiger partial charge < -0.3 is 37.2 Å². The molecule has 272 valence electrons. The number of hydrogen-bond acceptors (Lipinski definition) is 0. The van der Waals surface area contributed by atoms with Gasteiger partial charge in [0.1, 0.15) is 8.07 Å². The van der Waals surface area contributed by atoms with Crippen LogP contribution < -0.4 is 58.0 Å². The van der Waals surface area contributed by atoms with Crippen molar-refractivity contribution in [1.29, 1.82) is 0 Å². The molecule has 5 heteroatoms. The summed E-state index contributed by atoms with van der Waals surface area (Å²) in [6.07, 6.45) is 0. The van der Waals surface area contributed by atoms with Gasteiger partial charge in [0.05, 0.1) is 0 Å². The van der Waals surface area contributed by atoms with Crippen molar-refractivity contribution in [3.63, 3.8) is 0 Å². The van der Waals surface area contributed by atoms with E-state index in [2.05, 4.69) is 179 Å². The maximum absolute atomic E-state index is 2.90. The average Bonchev–Trinajstić information content (AvgIpc) is 3.09. The van der Waals surface area contributed by atoms with Crippen LogP contribution in [0.5, 0.6) is 0 Å².